The van der Waals surface area contributed by atoms with E-state index in [1.807, 2.05) is 0 Å². The van der Waals surface area contributed by atoms with E-state index in [-0.39, 0.29) is 19.3 Å². The van der Waals surface area contributed by atoms with E-state index in [0.29, 0.717) is 19.3 Å². The van der Waals surface area contributed by atoms with Gasteiger partial charge in [-0.1, -0.05) is 458 Å². The van der Waals surface area contributed by atoms with Gasteiger partial charge in [0, 0.05) is 19.3 Å². The molecule has 0 bridgehead atoms. The summed E-state index contributed by atoms with van der Waals surface area (Å²) >= 11 is 0. The Kier molecular flexibility index (Phi) is 99.9. The second kappa shape index (κ2) is 105. The molecule has 0 aromatic heterocycles. The van der Waals surface area contributed by atoms with Gasteiger partial charge in [-0.2, -0.15) is 0 Å². The molecule has 0 saturated carbocycles. The Morgan fingerprint density at radius 1 is 0.211 bits per heavy atom. The van der Waals surface area contributed by atoms with Crippen LogP contribution >= 0.6 is 15.6 Å². The Labute approximate surface area is 812 Å². The fourth-order valence-corrected chi connectivity index (χ4v) is 15.9. The van der Waals surface area contributed by atoms with Crippen molar-refractivity contribution >= 4 is 33.6 Å². The Morgan fingerprint density at radius 3 is 0.594 bits per heavy atom. The summed E-state index contributed by atoms with van der Waals surface area (Å²) in [4.78, 5) is 59.3. The zero-order valence-electron chi connectivity index (χ0n) is 84.1. The summed E-state index contributed by atoms with van der Waals surface area (Å²) in [5.41, 5.74) is 0. The summed E-state index contributed by atoms with van der Waals surface area (Å²) in [6.07, 6.45) is 144. The lowest BCUT2D eigenvalue weighted by Gasteiger charge is -2.21. The van der Waals surface area contributed by atoms with Crippen molar-refractivity contribution in [3.8, 4) is 0 Å². The Hall–Kier alpha value is -6.13. The standard InChI is InChI=1S/C115H192O16P2/c1-4-7-10-13-16-19-22-25-28-31-34-37-40-43-46-48-50-52-54-56-58-60-63-65-68-71-74-77-80-83-86-89-92-95-98-101-113(118)125-104-110(116)105-127-132(121,122)128-106-111(117)107-129-133(123,124)130-109-112(131-115(120)103-100-97-94-91-88-85-82-79-76-73-70-67-62-45-42-39-36-33-30-27-24-21-18-15-12-9-6-3)108-126-114(119)102-99-96-93-90-87-84-81-78-75-72-69-66-64-61-59-57-55-53-51-49-47-44-41-38-35-32-29-26-23-20-17-14-11-8-5-2/h7-12,16-21,25-30,34-39,43-47,50-53,62,70,73,110-112,116-117H,4-6,13-15,22-24,31-33,40-42,48-49,54-61,63-69,71-72,74-109H2,1-3H3,(H,121,122)(H,123,124)/b10-7-,11-8-,12-9-,19-16-,20-17-,21-18-,28-25-,29-26-,30-27-,37-34-,38-35-,39-36-,46-43-,47-44-,52-50-,53-51-,62-45-,73-70-. The van der Waals surface area contributed by atoms with E-state index in [4.69, 9.17) is 32.3 Å². The van der Waals surface area contributed by atoms with Gasteiger partial charge in [-0.15, -0.1) is 0 Å². The maximum Gasteiger partial charge on any atom is 0.472 e. The molecule has 18 heteroatoms. The maximum absolute atomic E-state index is 13.1. The van der Waals surface area contributed by atoms with Crippen molar-refractivity contribution < 1.29 is 75.8 Å². The summed E-state index contributed by atoms with van der Waals surface area (Å²) in [7, 11) is -9.83. The van der Waals surface area contributed by atoms with E-state index in [9.17, 15) is 43.5 Å². The minimum atomic E-state index is -4.96. The highest BCUT2D eigenvalue weighted by atomic mass is 31.2. The number of unbranched alkanes of at least 4 members (excludes halogenated alkanes) is 40. The van der Waals surface area contributed by atoms with Crippen molar-refractivity contribution in [3.63, 3.8) is 0 Å². The van der Waals surface area contributed by atoms with Crippen molar-refractivity contribution in [1.82, 2.24) is 0 Å². The lowest BCUT2D eigenvalue weighted by Crippen LogP contribution is -2.30. The number of hydrogen-bond acceptors (Lipinski definition) is 14. The molecule has 0 aromatic rings. The number of aliphatic hydroxyl groups is 2. The number of carbonyl (C=O) groups is 3. The highest BCUT2D eigenvalue weighted by molar-refractivity contribution is 7.47. The van der Waals surface area contributed by atoms with E-state index in [1.54, 1.807) is 0 Å². The molecule has 133 heavy (non-hydrogen) atoms. The molecule has 0 aliphatic heterocycles. The lowest BCUT2D eigenvalue weighted by molar-refractivity contribution is -0.161. The van der Waals surface area contributed by atoms with Crippen LogP contribution in [0, 0.1) is 0 Å². The van der Waals surface area contributed by atoms with E-state index in [2.05, 4.69) is 240 Å². The minimum absolute atomic E-state index is 0.0890. The molecular weight excluding hydrogens is 1700 g/mol. The molecule has 5 unspecified atom stereocenters. The molecule has 16 nitrogen and oxygen atoms in total. The minimum Gasteiger partial charge on any atom is -0.463 e. The van der Waals surface area contributed by atoms with Crippen LogP contribution in [0.4, 0.5) is 0 Å². The molecule has 0 aliphatic rings. The third-order valence-corrected chi connectivity index (χ3v) is 24.1. The van der Waals surface area contributed by atoms with Gasteiger partial charge in [-0.3, -0.25) is 32.5 Å². The number of aliphatic hydroxyl groups excluding tert-OH is 2. The molecule has 0 rings (SSSR count). The third kappa shape index (κ3) is 106. The highest BCUT2D eigenvalue weighted by Gasteiger charge is 2.30. The first-order chi connectivity index (χ1) is 65.2. The molecule has 5 atom stereocenters. The number of phosphoric acid groups is 2. The molecule has 4 N–H and O–H groups in total. The Balaban J connectivity index is 4.61. The van der Waals surface area contributed by atoms with Crippen LogP contribution in [0.15, 0.2) is 219 Å². The molecule has 0 amide bonds. The fraction of sp³-hybridized carbons (Fsp3) is 0.661. The van der Waals surface area contributed by atoms with Gasteiger partial charge in [-0.25, -0.2) is 9.13 Å². The van der Waals surface area contributed by atoms with E-state index < -0.39 is 91.5 Å². The van der Waals surface area contributed by atoms with Crippen molar-refractivity contribution in [2.24, 2.45) is 0 Å². The van der Waals surface area contributed by atoms with E-state index in [0.717, 1.165) is 199 Å². The number of hydrogen-bond donors (Lipinski definition) is 4. The van der Waals surface area contributed by atoms with E-state index >= 15 is 0 Å². The predicted molar refractivity (Wildman–Crippen MR) is 564 cm³/mol. The second-order valence-electron chi connectivity index (χ2n) is 34.9. The molecular formula is C115H192O16P2. The summed E-state index contributed by atoms with van der Waals surface area (Å²) in [6.45, 7) is 2.39. The van der Waals surface area contributed by atoms with Crippen molar-refractivity contribution in [2.45, 2.75) is 450 Å². The van der Waals surface area contributed by atoms with Gasteiger partial charge in [-0.05, 0) is 173 Å². The quantitative estimate of drug-likeness (QED) is 0.0146. The molecule has 758 valence electrons. The lowest BCUT2D eigenvalue weighted by atomic mass is 10.0. The summed E-state index contributed by atoms with van der Waals surface area (Å²) < 4.78 is 61.8. The molecule has 0 fully saturated rings. The zero-order chi connectivity index (χ0) is 96.4. The summed E-state index contributed by atoms with van der Waals surface area (Å²) in [5, 5.41) is 20.8. The van der Waals surface area contributed by atoms with Crippen molar-refractivity contribution in [1.29, 1.82) is 0 Å². The molecule has 0 heterocycles. The monoisotopic (exact) mass is 1890 g/mol. The van der Waals surface area contributed by atoms with Crippen LogP contribution in [0.3, 0.4) is 0 Å². The number of rotatable bonds is 99. The summed E-state index contributed by atoms with van der Waals surface area (Å²) in [6, 6.07) is 0. The highest BCUT2D eigenvalue weighted by Crippen LogP contribution is 2.45. The molecule has 0 aliphatic carbocycles. The molecule has 0 saturated heterocycles. The molecule has 0 radical (unpaired) electrons. The average Bonchev–Trinajstić information content (AvgIpc) is 0.896. The largest absolute Gasteiger partial charge is 0.472 e. The smallest absolute Gasteiger partial charge is 0.463 e. The topological polar surface area (TPSA) is 231 Å². The second-order valence-corrected chi connectivity index (χ2v) is 37.8. The van der Waals surface area contributed by atoms with Gasteiger partial charge in [0.2, 0.25) is 0 Å². The van der Waals surface area contributed by atoms with Crippen LogP contribution in [0.25, 0.3) is 0 Å². The number of ether oxygens (including phenoxy) is 3. The Morgan fingerprint density at radius 2 is 0.376 bits per heavy atom. The first-order valence-electron chi connectivity index (χ1n) is 53.0. The normalized spacial score (nSPS) is 14.5. The van der Waals surface area contributed by atoms with Gasteiger partial charge in [0.1, 0.15) is 25.4 Å². The van der Waals surface area contributed by atoms with Crippen LogP contribution in [0.2, 0.25) is 0 Å². The van der Waals surface area contributed by atoms with Crippen molar-refractivity contribution in [3.05, 3.63) is 219 Å². The number of phosphoric ester groups is 2. The van der Waals surface area contributed by atoms with Gasteiger partial charge in [0.05, 0.1) is 26.4 Å². The average molecular weight is 1890 g/mol. The van der Waals surface area contributed by atoms with Gasteiger partial charge in [0.15, 0.2) is 6.10 Å². The first-order valence-corrected chi connectivity index (χ1v) is 56.0. The Bertz CT molecular complexity index is 3300. The number of carbonyl (C=O) groups excluding carboxylic acids is 3. The molecule has 0 spiro atoms. The third-order valence-electron chi connectivity index (χ3n) is 22.2. The zero-order valence-corrected chi connectivity index (χ0v) is 85.9. The van der Waals surface area contributed by atoms with Gasteiger partial charge >= 0.3 is 33.6 Å². The van der Waals surface area contributed by atoms with Crippen LogP contribution in [0.5, 0.6) is 0 Å². The van der Waals surface area contributed by atoms with Crippen molar-refractivity contribution in [2.75, 3.05) is 39.6 Å². The van der Waals surface area contributed by atoms with Crippen LogP contribution in [-0.2, 0) is 55.8 Å². The van der Waals surface area contributed by atoms with E-state index in [1.165, 1.54) is 173 Å². The molecule has 0 aromatic carbocycles. The summed E-state index contributed by atoms with van der Waals surface area (Å²) in [5.74, 6) is -1.57. The maximum atomic E-state index is 13.1. The SMILES string of the molecule is CC/C=C\C/C=C\C/C=C\C/C=C\C/C=C\C/C=C\CCCCCCCCCCCCCCCCCCC(=O)OCC(O)COP(=O)(O)OCC(O)COP(=O)(O)OCC(COC(=O)CCCCCCCCCCCCCCCCCC/C=C\C/C=C\C/C=C\C/C=C\C/C=C\C/C=C\CC)OC(=O)CCCCCCCCCC/C=C\C/C=C\C/C=C\C/C=C\C/C=C\C/C=C\CC. The number of esters is 3. The van der Waals surface area contributed by atoms with Gasteiger partial charge < -0.3 is 34.2 Å². The predicted octanol–water partition coefficient (Wildman–Crippen LogP) is 34.0. The first kappa shape index (κ1) is 127. The van der Waals surface area contributed by atoms with Crippen LogP contribution in [0.1, 0.15) is 432 Å². The van der Waals surface area contributed by atoms with Crippen LogP contribution in [-0.4, -0.2) is 95.9 Å². The fourth-order valence-electron chi connectivity index (χ4n) is 14.3. The number of allylic oxidation sites excluding steroid dienone is 36. The van der Waals surface area contributed by atoms with Crippen LogP contribution < -0.4 is 0 Å². The van der Waals surface area contributed by atoms with Gasteiger partial charge in [0.25, 0.3) is 0 Å².